The van der Waals surface area contributed by atoms with E-state index in [2.05, 4.69) is 5.32 Å². The average Bonchev–Trinajstić information content (AvgIpc) is 2.73. The minimum Gasteiger partial charge on any atom is -0.383 e. The third-order valence-electron chi connectivity index (χ3n) is 2.98. The summed E-state index contributed by atoms with van der Waals surface area (Å²) in [6, 6.07) is 1.71. The number of aromatic nitrogens is 1. The van der Waals surface area contributed by atoms with Crippen LogP contribution in [-0.2, 0) is 28.4 Å². The molecule has 0 spiro atoms. The first-order chi connectivity index (χ1) is 8.97. The summed E-state index contributed by atoms with van der Waals surface area (Å²) in [5, 5.41) is 3.02. The second-order valence-electron chi connectivity index (χ2n) is 4.30. The summed E-state index contributed by atoms with van der Waals surface area (Å²) >= 11 is 0. The smallest absolute Gasteiger partial charge is 0.244 e. The van der Waals surface area contributed by atoms with Crippen LogP contribution in [0.4, 0.5) is 0 Å². The number of nitrogens with zero attached hydrogens (tertiary/aromatic N) is 2. The third-order valence-corrected chi connectivity index (χ3v) is 4.92. The summed E-state index contributed by atoms with van der Waals surface area (Å²) in [5.41, 5.74) is 0.934. The van der Waals surface area contributed by atoms with E-state index in [1.54, 1.807) is 19.4 Å². The molecule has 0 amide bonds. The Balaban J connectivity index is 3.01. The maximum atomic E-state index is 12.5. The van der Waals surface area contributed by atoms with Crippen LogP contribution in [0.25, 0.3) is 0 Å². The van der Waals surface area contributed by atoms with E-state index in [1.165, 1.54) is 4.31 Å². The van der Waals surface area contributed by atoms with Gasteiger partial charge >= 0.3 is 0 Å². The number of hydrogen-bond acceptors (Lipinski definition) is 4. The third kappa shape index (κ3) is 3.79. The van der Waals surface area contributed by atoms with Crippen LogP contribution >= 0.6 is 0 Å². The maximum Gasteiger partial charge on any atom is 0.244 e. The van der Waals surface area contributed by atoms with Gasteiger partial charge in [0, 0.05) is 45.7 Å². The Kier molecular flexibility index (Phi) is 5.99. The first-order valence-electron chi connectivity index (χ1n) is 6.26. The molecule has 0 atom stereocenters. The normalized spacial score (nSPS) is 12.3. The van der Waals surface area contributed by atoms with Gasteiger partial charge in [0.1, 0.15) is 4.90 Å². The molecule has 0 aliphatic carbocycles. The number of rotatable bonds is 8. The molecule has 19 heavy (non-hydrogen) atoms. The number of sulfonamides is 1. The topological polar surface area (TPSA) is 63.6 Å². The zero-order valence-corrected chi connectivity index (χ0v) is 12.8. The Labute approximate surface area is 115 Å². The van der Waals surface area contributed by atoms with E-state index in [0.717, 1.165) is 5.69 Å². The summed E-state index contributed by atoms with van der Waals surface area (Å²) in [4.78, 5) is 0.332. The van der Waals surface area contributed by atoms with E-state index in [-0.39, 0.29) is 0 Å². The fourth-order valence-corrected chi connectivity index (χ4v) is 3.39. The fraction of sp³-hybridized carbons (Fsp3) is 0.667. The summed E-state index contributed by atoms with van der Waals surface area (Å²) in [5.74, 6) is 0. The molecule has 0 saturated carbocycles. The predicted molar refractivity (Wildman–Crippen MR) is 74.5 cm³/mol. The Morgan fingerprint density at radius 3 is 2.68 bits per heavy atom. The van der Waals surface area contributed by atoms with Crippen molar-refractivity contribution in [3.05, 3.63) is 18.0 Å². The highest BCUT2D eigenvalue weighted by Crippen LogP contribution is 2.18. The van der Waals surface area contributed by atoms with Gasteiger partial charge in [-0.25, -0.2) is 8.42 Å². The summed E-state index contributed by atoms with van der Waals surface area (Å²) in [6.07, 6.45) is 1.65. The largest absolute Gasteiger partial charge is 0.383 e. The molecule has 1 N–H and O–H groups in total. The highest BCUT2D eigenvalue weighted by Gasteiger charge is 2.24. The SMILES string of the molecule is CCN(CCOC)S(=O)(=O)c1cc(CNC)n(C)c1. The van der Waals surface area contributed by atoms with E-state index >= 15 is 0 Å². The first-order valence-corrected chi connectivity index (χ1v) is 7.70. The van der Waals surface area contributed by atoms with Crippen LogP contribution in [0, 0.1) is 0 Å². The van der Waals surface area contributed by atoms with Gasteiger partial charge in [-0.15, -0.1) is 0 Å². The van der Waals surface area contributed by atoms with Crippen LogP contribution < -0.4 is 5.32 Å². The lowest BCUT2D eigenvalue weighted by Gasteiger charge is -2.19. The van der Waals surface area contributed by atoms with Crippen molar-refractivity contribution in [3.8, 4) is 0 Å². The molecular weight excluding hydrogens is 266 g/mol. The molecule has 110 valence electrons. The van der Waals surface area contributed by atoms with Crippen molar-refractivity contribution in [3.63, 3.8) is 0 Å². The van der Waals surface area contributed by atoms with Gasteiger partial charge in [-0.05, 0) is 13.1 Å². The van der Waals surface area contributed by atoms with Crippen molar-refractivity contribution >= 4 is 10.0 Å². The molecule has 6 nitrogen and oxygen atoms in total. The molecular formula is C12H23N3O3S. The molecule has 7 heteroatoms. The second-order valence-corrected chi connectivity index (χ2v) is 6.24. The van der Waals surface area contributed by atoms with E-state index in [0.29, 0.717) is 31.1 Å². The lowest BCUT2D eigenvalue weighted by molar-refractivity contribution is 0.180. The molecule has 0 saturated heterocycles. The number of likely N-dealkylation sites (N-methyl/N-ethyl adjacent to an activating group) is 1. The van der Waals surface area contributed by atoms with E-state index in [1.807, 2.05) is 25.6 Å². The standard InChI is InChI=1S/C12H23N3O3S/c1-5-15(6-7-18-4)19(16,17)12-8-11(9-13-2)14(3)10-12/h8,10,13H,5-7,9H2,1-4H3. The van der Waals surface area contributed by atoms with Crippen molar-refractivity contribution in [1.29, 1.82) is 0 Å². The number of aryl methyl sites for hydroxylation is 1. The van der Waals surface area contributed by atoms with Gasteiger partial charge in [0.15, 0.2) is 0 Å². The molecule has 0 radical (unpaired) electrons. The van der Waals surface area contributed by atoms with Gasteiger partial charge in [-0.2, -0.15) is 4.31 Å². The Bertz CT molecular complexity index is 496. The molecule has 1 rings (SSSR count). The fourth-order valence-electron chi connectivity index (χ4n) is 1.87. The quantitative estimate of drug-likeness (QED) is 0.752. The summed E-state index contributed by atoms with van der Waals surface area (Å²) in [7, 11) is 1.80. The minimum atomic E-state index is -3.44. The van der Waals surface area contributed by atoms with E-state index in [9.17, 15) is 8.42 Å². The molecule has 0 unspecified atom stereocenters. The highest BCUT2D eigenvalue weighted by molar-refractivity contribution is 7.89. The Morgan fingerprint density at radius 1 is 1.47 bits per heavy atom. The number of nitrogens with one attached hydrogen (secondary N) is 1. The van der Waals surface area contributed by atoms with Crippen molar-refractivity contribution in [2.45, 2.75) is 18.4 Å². The molecule has 1 heterocycles. The van der Waals surface area contributed by atoms with Crippen LogP contribution in [0.3, 0.4) is 0 Å². The van der Waals surface area contributed by atoms with Crippen LogP contribution in [0.15, 0.2) is 17.2 Å². The van der Waals surface area contributed by atoms with Crippen LogP contribution in [0.1, 0.15) is 12.6 Å². The predicted octanol–water partition coefficient (Wildman–Crippen LogP) is 0.402. The van der Waals surface area contributed by atoms with Gasteiger partial charge in [-0.3, -0.25) is 0 Å². The van der Waals surface area contributed by atoms with Crippen LogP contribution in [0.5, 0.6) is 0 Å². The van der Waals surface area contributed by atoms with Crippen molar-refractivity contribution < 1.29 is 13.2 Å². The van der Waals surface area contributed by atoms with E-state index < -0.39 is 10.0 Å². The van der Waals surface area contributed by atoms with Gasteiger partial charge in [0.05, 0.1) is 6.61 Å². The van der Waals surface area contributed by atoms with Crippen molar-refractivity contribution in [2.24, 2.45) is 7.05 Å². The number of hydrogen-bond donors (Lipinski definition) is 1. The first kappa shape index (κ1) is 16.2. The van der Waals surface area contributed by atoms with Gasteiger partial charge in [0.25, 0.3) is 0 Å². The number of methoxy groups -OCH3 is 1. The number of ether oxygens (including phenoxy) is 1. The molecule has 0 aliphatic rings. The van der Waals surface area contributed by atoms with Gasteiger partial charge < -0.3 is 14.6 Å². The molecule has 0 fully saturated rings. The highest BCUT2D eigenvalue weighted by atomic mass is 32.2. The molecule has 0 bridgehead atoms. The summed E-state index contributed by atoms with van der Waals surface area (Å²) < 4.78 is 33.2. The maximum absolute atomic E-state index is 12.5. The summed E-state index contributed by atoms with van der Waals surface area (Å²) in [6.45, 7) is 3.65. The lowest BCUT2D eigenvalue weighted by atomic mass is 10.4. The molecule has 0 aromatic carbocycles. The van der Waals surface area contributed by atoms with Crippen molar-refractivity contribution in [2.75, 3.05) is 33.9 Å². The zero-order valence-electron chi connectivity index (χ0n) is 12.0. The van der Waals surface area contributed by atoms with Gasteiger partial charge in [0.2, 0.25) is 10.0 Å². The second kappa shape index (κ2) is 7.04. The Morgan fingerprint density at radius 2 is 2.16 bits per heavy atom. The van der Waals surface area contributed by atoms with Crippen molar-refractivity contribution in [1.82, 2.24) is 14.2 Å². The molecule has 1 aromatic rings. The monoisotopic (exact) mass is 289 g/mol. The molecule has 0 aliphatic heterocycles. The van der Waals surface area contributed by atoms with Crippen LogP contribution in [-0.4, -0.2) is 51.1 Å². The Hall–Kier alpha value is -0.890. The average molecular weight is 289 g/mol. The van der Waals surface area contributed by atoms with Gasteiger partial charge in [-0.1, -0.05) is 6.92 Å². The van der Waals surface area contributed by atoms with E-state index in [4.69, 9.17) is 4.74 Å². The van der Waals surface area contributed by atoms with Crippen LogP contribution in [0.2, 0.25) is 0 Å². The zero-order chi connectivity index (χ0) is 14.5. The lowest BCUT2D eigenvalue weighted by Crippen LogP contribution is -2.33. The minimum absolute atomic E-state index is 0.332. The molecule has 1 aromatic heterocycles.